The standard InChI is InChI=1S/C27H34N4O6/c1-7-17(4)29-24(32)15-30-21-13-23(37-6)22(36-5)12-20(21)26(34)31(27(30)35)14-18-8-10-19(11-9-18)25(33)28-16(2)3/h8-13,16-17H,7,14-15H2,1-6H3,(H,28,33)(H,29,32). The summed E-state index contributed by atoms with van der Waals surface area (Å²) >= 11 is 0. The number of carbonyl (C=O) groups excluding carboxylic acids is 2. The first kappa shape index (κ1) is 27.5. The molecule has 0 aliphatic rings. The molecule has 0 bridgehead atoms. The van der Waals surface area contributed by atoms with E-state index >= 15 is 0 Å². The molecule has 0 fully saturated rings. The van der Waals surface area contributed by atoms with Gasteiger partial charge in [-0.05, 0) is 51.0 Å². The molecule has 0 radical (unpaired) electrons. The highest BCUT2D eigenvalue weighted by Crippen LogP contribution is 2.30. The number of hydrogen-bond acceptors (Lipinski definition) is 6. The first-order valence-corrected chi connectivity index (χ1v) is 12.2. The molecule has 0 saturated carbocycles. The van der Waals surface area contributed by atoms with Crippen LogP contribution in [-0.4, -0.2) is 47.3 Å². The molecule has 1 atom stereocenters. The molecule has 3 rings (SSSR count). The molecule has 1 aromatic heterocycles. The molecule has 0 saturated heterocycles. The van der Waals surface area contributed by atoms with Gasteiger partial charge in [0.25, 0.3) is 11.5 Å². The molecule has 0 spiro atoms. The number of benzene rings is 2. The maximum absolute atomic E-state index is 13.6. The summed E-state index contributed by atoms with van der Waals surface area (Å²) < 4.78 is 13.1. The van der Waals surface area contributed by atoms with E-state index in [4.69, 9.17) is 9.47 Å². The van der Waals surface area contributed by atoms with Crippen molar-refractivity contribution in [3.8, 4) is 11.5 Å². The van der Waals surface area contributed by atoms with E-state index in [1.165, 1.54) is 30.9 Å². The minimum Gasteiger partial charge on any atom is -0.493 e. The molecule has 3 aromatic rings. The van der Waals surface area contributed by atoms with Gasteiger partial charge in [0.1, 0.15) is 6.54 Å². The number of hydrogen-bond donors (Lipinski definition) is 2. The number of aromatic nitrogens is 2. The van der Waals surface area contributed by atoms with Crippen LogP contribution in [0.1, 0.15) is 50.0 Å². The summed E-state index contributed by atoms with van der Waals surface area (Å²) in [7, 11) is 2.91. The average molecular weight is 511 g/mol. The van der Waals surface area contributed by atoms with E-state index in [0.29, 0.717) is 22.6 Å². The second-order valence-corrected chi connectivity index (χ2v) is 9.19. The largest absolute Gasteiger partial charge is 0.493 e. The first-order valence-electron chi connectivity index (χ1n) is 12.2. The molecule has 0 aliphatic heterocycles. The number of amides is 2. The molecular weight excluding hydrogens is 476 g/mol. The van der Waals surface area contributed by atoms with E-state index in [0.717, 1.165) is 11.0 Å². The van der Waals surface area contributed by atoms with Crippen molar-refractivity contribution in [2.75, 3.05) is 14.2 Å². The molecule has 2 amide bonds. The molecule has 0 aliphatic carbocycles. The number of nitrogens with zero attached hydrogens (tertiary/aromatic N) is 2. The van der Waals surface area contributed by atoms with Crippen LogP contribution in [0, 0.1) is 0 Å². The monoisotopic (exact) mass is 510 g/mol. The van der Waals surface area contributed by atoms with Gasteiger partial charge in [-0.2, -0.15) is 0 Å². The zero-order chi connectivity index (χ0) is 27.3. The van der Waals surface area contributed by atoms with E-state index in [1.54, 1.807) is 24.3 Å². The third-order valence-electron chi connectivity index (χ3n) is 6.03. The predicted octanol–water partition coefficient (Wildman–Crippen LogP) is 2.28. The highest BCUT2D eigenvalue weighted by atomic mass is 16.5. The Labute approximate surface area is 215 Å². The lowest BCUT2D eigenvalue weighted by Crippen LogP contribution is -2.44. The Morgan fingerprint density at radius 2 is 1.54 bits per heavy atom. The summed E-state index contributed by atoms with van der Waals surface area (Å²) in [6.07, 6.45) is 0.733. The van der Waals surface area contributed by atoms with Gasteiger partial charge in [-0.3, -0.25) is 23.5 Å². The topological polar surface area (TPSA) is 121 Å². The Kier molecular flexibility index (Phi) is 8.75. The van der Waals surface area contributed by atoms with Crippen molar-refractivity contribution in [2.45, 2.75) is 59.3 Å². The molecule has 2 N–H and O–H groups in total. The number of fused-ring (bicyclic) bond motifs is 1. The summed E-state index contributed by atoms with van der Waals surface area (Å²) in [4.78, 5) is 52.0. The van der Waals surface area contributed by atoms with Gasteiger partial charge < -0.3 is 20.1 Å². The highest BCUT2D eigenvalue weighted by Gasteiger charge is 2.19. The highest BCUT2D eigenvalue weighted by molar-refractivity contribution is 5.94. The van der Waals surface area contributed by atoms with Crippen LogP contribution < -0.4 is 31.4 Å². The van der Waals surface area contributed by atoms with E-state index in [9.17, 15) is 19.2 Å². The Morgan fingerprint density at radius 3 is 2.11 bits per heavy atom. The Balaban J connectivity index is 2.11. The lowest BCUT2D eigenvalue weighted by molar-refractivity contribution is -0.122. The Morgan fingerprint density at radius 1 is 0.919 bits per heavy atom. The summed E-state index contributed by atoms with van der Waals surface area (Å²) in [6, 6.07) is 9.64. The lowest BCUT2D eigenvalue weighted by atomic mass is 10.1. The molecule has 1 heterocycles. The van der Waals surface area contributed by atoms with Crippen molar-refractivity contribution in [3.63, 3.8) is 0 Å². The van der Waals surface area contributed by atoms with Crippen LogP contribution in [0.4, 0.5) is 0 Å². The third kappa shape index (κ3) is 6.19. The maximum atomic E-state index is 13.6. The molecule has 37 heavy (non-hydrogen) atoms. The van der Waals surface area contributed by atoms with Gasteiger partial charge in [-0.15, -0.1) is 0 Å². The van der Waals surface area contributed by atoms with Gasteiger partial charge in [0.2, 0.25) is 5.91 Å². The average Bonchev–Trinajstić information content (AvgIpc) is 2.88. The fourth-order valence-corrected chi connectivity index (χ4v) is 3.89. The van der Waals surface area contributed by atoms with Crippen LogP contribution in [0.25, 0.3) is 10.9 Å². The van der Waals surface area contributed by atoms with Crippen LogP contribution in [-0.2, 0) is 17.9 Å². The van der Waals surface area contributed by atoms with Crippen LogP contribution in [0.5, 0.6) is 11.5 Å². The Bertz CT molecular complexity index is 1410. The second kappa shape index (κ2) is 11.8. The van der Waals surface area contributed by atoms with Crippen molar-refractivity contribution in [2.24, 2.45) is 0 Å². The molecule has 198 valence electrons. The summed E-state index contributed by atoms with van der Waals surface area (Å²) in [6.45, 7) is 7.25. The number of methoxy groups -OCH3 is 2. The van der Waals surface area contributed by atoms with Gasteiger partial charge in [0, 0.05) is 23.7 Å². The zero-order valence-corrected chi connectivity index (χ0v) is 22.1. The van der Waals surface area contributed by atoms with Crippen LogP contribution >= 0.6 is 0 Å². The fraction of sp³-hybridized carbons (Fsp3) is 0.407. The van der Waals surface area contributed by atoms with E-state index in [2.05, 4.69) is 10.6 Å². The first-order chi connectivity index (χ1) is 17.6. The van der Waals surface area contributed by atoms with E-state index in [1.807, 2.05) is 27.7 Å². The molecule has 1 unspecified atom stereocenters. The van der Waals surface area contributed by atoms with Crippen molar-refractivity contribution >= 4 is 22.7 Å². The van der Waals surface area contributed by atoms with Crippen LogP contribution in [0.15, 0.2) is 46.0 Å². The fourth-order valence-electron chi connectivity index (χ4n) is 3.89. The quantitative estimate of drug-likeness (QED) is 0.432. The molecule has 10 heteroatoms. The maximum Gasteiger partial charge on any atom is 0.332 e. The minimum atomic E-state index is -0.634. The lowest BCUT2D eigenvalue weighted by Gasteiger charge is -2.17. The normalized spacial score (nSPS) is 11.9. The van der Waals surface area contributed by atoms with Gasteiger partial charge >= 0.3 is 5.69 Å². The number of nitrogens with one attached hydrogen (secondary N) is 2. The van der Waals surface area contributed by atoms with Crippen molar-refractivity contribution in [1.29, 1.82) is 0 Å². The second-order valence-electron chi connectivity index (χ2n) is 9.19. The summed E-state index contributed by atoms with van der Waals surface area (Å²) in [5.74, 6) is 0.102. The zero-order valence-electron chi connectivity index (χ0n) is 22.1. The summed E-state index contributed by atoms with van der Waals surface area (Å²) in [5, 5.41) is 5.89. The van der Waals surface area contributed by atoms with Gasteiger partial charge in [0.15, 0.2) is 11.5 Å². The van der Waals surface area contributed by atoms with Crippen molar-refractivity contribution in [3.05, 3.63) is 68.4 Å². The van der Waals surface area contributed by atoms with E-state index in [-0.39, 0.29) is 47.9 Å². The van der Waals surface area contributed by atoms with E-state index < -0.39 is 11.2 Å². The van der Waals surface area contributed by atoms with Crippen LogP contribution in [0.2, 0.25) is 0 Å². The number of rotatable bonds is 10. The van der Waals surface area contributed by atoms with Gasteiger partial charge in [-0.25, -0.2) is 4.79 Å². The molecule has 10 nitrogen and oxygen atoms in total. The van der Waals surface area contributed by atoms with Crippen molar-refractivity contribution < 1.29 is 19.1 Å². The van der Waals surface area contributed by atoms with Crippen molar-refractivity contribution in [1.82, 2.24) is 19.8 Å². The SMILES string of the molecule is CCC(C)NC(=O)Cn1c(=O)n(Cc2ccc(C(=O)NC(C)C)cc2)c(=O)c2cc(OC)c(OC)cc21. The number of ether oxygens (including phenoxy) is 2. The molecule has 2 aromatic carbocycles. The smallest absolute Gasteiger partial charge is 0.332 e. The Hall–Kier alpha value is -4.08. The summed E-state index contributed by atoms with van der Waals surface area (Å²) in [5.41, 5.74) is 0.228. The van der Waals surface area contributed by atoms with Gasteiger partial charge in [-0.1, -0.05) is 19.1 Å². The number of carbonyl (C=O) groups is 2. The van der Waals surface area contributed by atoms with Gasteiger partial charge in [0.05, 0.1) is 31.7 Å². The molecular formula is C27H34N4O6. The minimum absolute atomic E-state index is 0.00468. The predicted molar refractivity (Wildman–Crippen MR) is 142 cm³/mol. The third-order valence-corrected chi connectivity index (χ3v) is 6.03. The van der Waals surface area contributed by atoms with Crippen LogP contribution in [0.3, 0.4) is 0 Å².